The summed E-state index contributed by atoms with van der Waals surface area (Å²) in [5.41, 5.74) is 0. The lowest BCUT2D eigenvalue weighted by molar-refractivity contribution is -0.145. The average Bonchev–Trinajstić information content (AvgIpc) is 3.21. The molecular formula is C50H102N2O5. The second kappa shape index (κ2) is 49.2. The van der Waals surface area contributed by atoms with Crippen molar-refractivity contribution in [2.45, 2.75) is 240 Å². The zero-order chi connectivity index (χ0) is 42.3. The van der Waals surface area contributed by atoms with Crippen LogP contribution in [0.5, 0.6) is 0 Å². The number of carbonyl (C=O) groups is 2. The minimum atomic E-state index is 0.00792. The van der Waals surface area contributed by atoms with Crippen molar-refractivity contribution in [2.75, 3.05) is 59.6 Å². The smallest absolute Gasteiger partial charge is 0.305 e. The van der Waals surface area contributed by atoms with Gasteiger partial charge in [-0.2, -0.15) is 0 Å². The van der Waals surface area contributed by atoms with Gasteiger partial charge in [-0.15, -0.1) is 0 Å². The van der Waals surface area contributed by atoms with Crippen LogP contribution in [0.25, 0.3) is 0 Å². The van der Waals surface area contributed by atoms with Crippen LogP contribution in [0, 0.1) is 11.8 Å². The maximum Gasteiger partial charge on any atom is 0.305 e. The molecule has 0 aliphatic carbocycles. The molecule has 7 heteroatoms. The molecule has 0 fully saturated rings. The molecule has 0 amide bonds. The normalized spacial score (nSPS) is 12.4. The van der Waals surface area contributed by atoms with Gasteiger partial charge in [-0.1, -0.05) is 189 Å². The molecule has 0 radical (unpaired) electrons. The Morgan fingerprint density at radius 2 is 0.877 bits per heavy atom. The molecule has 342 valence electrons. The minimum Gasteiger partial charge on any atom is -0.468 e. The molecule has 0 saturated heterocycles. The topological polar surface area (TPSA) is 79.3 Å². The summed E-state index contributed by atoms with van der Waals surface area (Å²) in [6.07, 6.45) is 40.2. The zero-order valence-electron chi connectivity index (χ0n) is 39.5. The maximum absolute atomic E-state index is 12.5. The first-order valence-electron chi connectivity index (χ1n) is 25.1. The number of hydrogen-bond donors (Lipinski definition) is 1. The number of rotatable bonds is 45. The van der Waals surface area contributed by atoms with Gasteiger partial charge in [0.25, 0.3) is 6.47 Å². The number of likely N-dealkylation sites (N-methyl/N-ethyl adjacent to an activating group) is 1. The van der Waals surface area contributed by atoms with E-state index in [2.05, 4.69) is 51.5 Å². The summed E-state index contributed by atoms with van der Waals surface area (Å²) in [6.45, 7) is 18.4. The van der Waals surface area contributed by atoms with Gasteiger partial charge >= 0.3 is 5.97 Å². The van der Waals surface area contributed by atoms with Gasteiger partial charge in [-0.25, -0.2) is 0 Å². The van der Waals surface area contributed by atoms with Gasteiger partial charge < -0.3 is 24.4 Å². The molecule has 0 aliphatic heterocycles. The molecule has 57 heavy (non-hydrogen) atoms. The molecule has 7 nitrogen and oxygen atoms in total. The number of aliphatic hydroxyl groups excluding tert-OH is 1. The van der Waals surface area contributed by atoms with Crippen LogP contribution in [0.4, 0.5) is 0 Å². The van der Waals surface area contributed by atoms with Gasteiger partial charge in [-0.05, 0) is 76.9 Å². The number of carbonyl (C=O) groups excluding carboxylic acids is 2. The second-order valence-electron chi connectivity index (χ2n) is 17.4. The van der Waals surface area contributed by atoms with Gasteiger partial charge in [-0.3, -0.25) is 9.59 Å². The third-order valence-electron chi connectivity index (χ3n) is 11.7. The standard InChI is InChI=1S/C33H68N2O3.C17H34O2/c1-5-8-11-14-15-18-23-32(22-17-12-9-6-2)31-38-33(37)24-19-16-21-26-35(25-20-13-10-7-3)28-27-34(4)29-30-36;1-3-5-7-9-10-12-14-17(15-19-16-18)13-11-8-6-4-2/h32,36H,5-31H2,1-4H3;16-17H,3-15H2,1-2H3. The van der Waals surface area contributed by atoms with Crippen LogP contribution in [0.3, 0.4) is 0 Å². The first-order valence-corrected chi connectivity index (χ1v) is 25.1. The van der Waals surface area contributed by atoms with E-state index in [0.29, 0.717) is 37.9 Å². The highest BCUT2D eigenvalue weighted by molar-refractivity contribution is 5.69. The van der Waals surface area contributed by atoms with E-state index in [1.807, 2.05) is 0 Å². The van der Waals surface area contributed by atoms with Crippen LogP contribution < -0.4 is 0 Å². The van der Waals surface area contributed by atoms with Crippen molar-refractivity contribution in [3.63, 3.8) is 0 Å². The number of unbranched alkanes of at least 4 members (excludes halogenated alkanes) is 21. The number of aliphatic hydroxyl groups is 1. The molecule has 0 spiro atoms. The van der Waals surface area contributed by atoms with E-state index in [1.165, 1.54) is 180 Å². The summed E-state index contributed by atoms with van der Waals surface area (Å²) in [7, 11) is 2.08. The van der Waals surface area contributed by atoms with E-state index in [9.17, 15) is 9.59 Å². The molecule has 0 rings (SSSR count). The Morgan fingerprint density at radius 3 is 1.32 bits per heavy atom. The van der Waals surface area contributed by atoms with Crippen molar-refractivity contribution in [2.24, 2.45) is 11.8 Å². The Morgan fingerprint density at radius 1 is 0.491 bits per heavy atom. The third-order valence-corrected chi connectivity index (χ3v) is 11.7. The lowest BCUT2D eigenvalue weighted by Crippen LogP contribution is -2.35. The Balaban J connectivity index is 0. The summed E-state index contributed by atoms with van der Waals surface area (Å²) in [4.78, 5) is 27.5. The zero-order valence-corrected chi connectivity index (χ0v) is 39.5. The van der Waals surface area contributed by atoms with E-state index >= 15 is 0 Å². The average molecular weight is 811 g/mol. The van der Waals surface area contributed by atoms with Crippen molar-refractivity contribution >= 4 is 12.4 Å². The van der Waals surface area contributed by atoms with Gasteiger partial charge in [0.1, 0.15) is 0 Å². The molecule has 0 bridgehead atoms. The highest BCUT2D eigenvalue weighted by Crippen LogP contribution is 2.21. The first-order chi connectivity index (χ1) is 27.9. The molecule has 2 atom stereocenters. The lowest BCUT2D eigenvalue weighted by Gasteiger charge is -2.25. The Labute approximate surface area is 356 Å². The van der Waals surface area contributed by atoms with Crippen LogP contribution in [0.1, 0.15) is 240 Å². The fourth-order valence-electron chi connectivity index (χ4n) is 7.70. The van der Waals surface area contributed by atoms with Gasteiger partial charge in [0.2, 0.25) is 0 Å². The third kappa shape index (κ3) is 45.7. The van der Waals surface area contributed by atoms with E-state index < -0.39 is 0 Å². The quantitative estimate of drug-likeness (QED) is 0.0373. The Kier molecular flexibility index (Phi) is 50.0. The number of hydrogen-bond acceptors (Lipinski definition) is 7. The largest absolute Gasteiger partial charge is 0.468 e. The molecule has 0 heterocycles. The monoisotopic (exact) mass is 811 g/mol. The van der Waals surface area contributed by atoms with Crippen LogP contribution in [0.15, 0.2) is 0 Å². The predicted molar refractivity (Wildman–Crippen MR) is 247 cm³/mol. The molecule has 0 aromatic rings. The van der Waals surface area contributed by atoms with Crippen molar-refractivity contribution in [3.8, 4) is 0 Å². The fraction of sp³-hybridized carbons (Fsp3) is 0.960. The fourth-order valence-corrected chi connectivity index (χ4v) is 7.70. The highest BCUT2D eigenvalue weighted by Gasteiger charge is 2.13. The molecule has 2 unspecified atom stereocenters. The maximum atomic E-state index is 12.5. The minimum absolute atomic E-state index is 0.00792. The van der Waals surface area contributed by atoms with Crippen LogP contribution in [-0.4, -0.2) is 86.9 Å². The molecule has 0 saturated carbocycles. The first kappa shape index (κ1) is 57.9. The SMILES string of the molecule is CCCCCCCCC(CCCCCC)COC(=O)CCCCCN(CCCCCC)CCN(C)CCO.CCCCCCCCC(CCCCCC)COC=O. The number of ether oxygens (including phenoxy) is 2. The predicted octanol–water partition coefficient (Wildman–Crippen LogP) is 13.7. The van der Waals surface area contributed by atoms with Crippen LogP contribution >= 0.6 is 0 Å². The van der Waals surface area contributed by atoms with Gasteiger partial charge in [0, 0.05) is 26.1 Å². The summed E-state index contributed by atoms with van der Waals surface area (Å²) < 4.78 is 10.7. The molecule has 0 aliphatic rings. The van der Waals surface area contributed by atoms with Gasteiger partial charge in [0.05, 0.1) is 19.8 Å². The lowest BCUT2D eigenvalue weighted by atomic mass is 9.95. The summed E-state index contributed by atoms with van der Waals surface area (Å²) in [5, 5.41) is 9.16. The van der Waals surface area contributed by atoms with Crippen molar-refractivity contribution in [3.05, 3.63) is 0 Å². The molecule has 1 N–H and O–H groups in total. The van der Waals surface area contributed by atoms with Crippen molar-refractivity contribution < 1.29 is 24.2 Å². The van der Waals surface area contributed by atoms with E-state index in [0.717, 1.165) is 52.0 Å². The van der Waals surface area contributed by atoms with Crippen LogP contribution in [-0.2, 0) is 19.1 Å². The summed E-state index contributed by atoms with van der Waals surface area (Å²) in [5.74, 6) is 1.15. The summed E-state index contributed by atoms with van der Waals surface area (Å²) >= 11 is 0. The summed E-state index contributed by atoms with van der Waals surface area (Å²) in [6, 6.07) is 0. The Bertz CT molecular complexity index is 784. The number of esters is 1. The second-order valence-corrected chi connectivity index (χ2v) is 17.4. The van der Waals surface area contributed by atoms with Gasteiger partial charge in [0.15, 0.2) is 0 Å². The van der Waals surface area contributed by atoms with E-state index in [4.69, 9.17) is 14.6 Å². The highest BCUT2D eigenvalue weighted by atomic mass is 16.5. The molecule has 0 aromatic carbocycles. The van der Waals surface area contributed by atoms with E-state index in [1.54, 1.807) is 0 Å². The van der Waals surface area contributed by atoms with Crippen LogP contribution in [0.2, 0.25) is 0 Å². The molecular weight excluding hydrogens is 709 g/mol. The Hall–Kier alpha value is -1.18. The van der Waals surface area contributed by atoms with Crippen molar-refractivity contribution in [1.29, 1.82) is 0 Å². The molecule has 0 aromatic heterocycles. The van der Waals surface area contributed by atoms with Crippen molar-refractivity contribution in [1.82, 2.24) is 9.80 Å². The number of nitrogens with zero attached hydrogens (tertiary/aromatic N) is 2. The van der Waals surface area contributed by atoms with E-state index in [-0.39, 0.29) is 12.6 Å².